The molecule has 0 saturated heterocycles. The molecule has 0 bridgehead atoms. The minimum atomic E-state index is 0.330. The van der Waals surface area contributed by atoms with Crippen molar-refractivity contribution < 1.29 is 9.84 Å². The molecule has 0 aliphatic carbocycles. The molecule has 74 valence electrons. The maximum absolute atomic E-state index is 9.40. The molecule has 1 aromatic carbocycles. The number of rotatable bonds is 2. The van der Waals surface area contributed by atoms with Gasteiger partial charge in [0.05, 0.1) is 11.8 Å². The van der Waals surface area contributed by atoms with Crippen molar-refractivity contribution in [2.45, 2.75) is 4.90 Å². The summed E-state index contributed by atoms with van der Waals surface area (Å²) in [4.78, 5) is 1.15. The maximum Gasteiger partial charge on any atom is 0.172 e. The van der Waals surface area contributed by atoms with Gasteiger partial charge in [0.25, 0.3) is 0 Å². The van der Waals surface area contributed by atoms with Gasteiger partial charge in [-0.3, -0.25) is 0 Å². The molecule has 1 aromatic heterocycles. The van der Waals surface area contributed by atoms with E-state index in [9.17, 15) is 5.11 Å². The predicted molar refractivity (Wildman–Crippen MR) is 61.8 cm³/mol. The Kier molecular flexibility index (Phi) is 2.56. The van der Waals surface area contributed by atoms with Crippen LogP contribution in [0.2, 0.25) is 0 Å². The molecule has 14 heavy (non-hydrogen) atoms. The summed E-state index contributed by atoms with van der Waals surface area (Å²) in [6, 6.07) is 5.81. The van der Waals surface area contributed by atoms with Gasteiger partial charge in [-0.15, -0.1) is 11.8 Å². The van der Waals surface area contributed by atoms with Crippen molar-refractivity contribution in [3.05, 3.63) is 18.2 Å². The first-order valence-corrected chi connectivity index (χ1v) is 6.13. The first-order valence-electron chi connectivity index (χ1n) is 4.09. The number of fused-ring (bicyclic) bond motifs is 1. The van der Waals surface area contributed by atoms with Crippen molar-refractivity contribution in [1.82, 2.24) is 0 Å². The highest BCUT2D eigenvalue weighted by Gasteiger charge is 2.08. The van der Waals surface area contributed by atoms with Crippen LogP contribution >= 0.6 is 23.1 Å². The fourth-order valence-corrected chi connectivity index (χ4v) is 2.69. The summed E-state index contributed by atoms with van der Waals surface area (Å²) in [5.74, 6) is 0.831. The Labute approximate surface area is 90.5 Å². The number of thiophene rings is 1. The van der Waals surface area contributed by atoms with Crippen LogP contribution in [0.3, 0.4) is 0 Å². The molecule has 2 nitrogen and oxygen atoms in total. The van der Waals surface area contributed by atoms with Crippen LogP contribution in [0.4, 0.5) is 0 Å². The van der Waals surface area contributed by atoms with Gasteiger partial charge in [-0.1, -0.05) is 11.3 Å². The van der Waals surface area contributed by atoms with Crippen LogP contribution in [0, 0.1) is 0 Å². The second-order valence-corrected chi connectivity index (χ2v) is 4.74. The molecule has 0 saturated carbocycles. The number of thioether (sulfide) groups is 1. The topological polar surface area (TPSA) is 29.5 Å². The van der Waals surface area contributed by atoms with Crippen LogP contribution in [0.5, 0.6) is 10.8 Å². The maximum atomic E-state index is 9.40. The highest BCUT2D eigenvalue weighted by Crippen LogP contribution is 2.39. The van der Waals surface area contributed by atoms with Gasteiger partial charge in [-0.2, -0.15) is 0 Å². The zero-order chi connectivity index (χ0) is 10.1. The normalized spacial score (nSPS) is 10.7. The molecular weight excluding hydrogens is 216 g/mol. The van der Waals surface area contributed by atoms with Crippen molar-refractivity contribution >= 4 is 33.2 Å². The summed E-state index contributed by atoms with van der Waals surface area (Å²) in [7, 11) is 1.65. The van der Waals surface area contributed by atoms with Gasteiger partial charge < -0.3 is 9.84 Å². The molecule has 1 heterocycles. The second-order valence-electron chi connectivity index (χ2n) is 2.83. The van der Waals surface area contributed by atoms with E-state index < -0.39 is 0 Å². The van der Waals surface area contributed by atoms with Crippen LogP contribution < -0.4 is 4.74 Å². The molecule has 4 heteroatoms. The van der Waals surface area contributed by atoms with Crippen LogP contribution in [0.1, 0.15) is 0 Å². The van der Waals surface area contributed by atoms with E-state index in [-0.39, 0.29) is 0 Å². The monoisotopic (exact) mass is 226 g/mol. The van der Waals surface area contributed by atoms with Crippen molar-refractivity contribution in [2.24, 2.45) is 0 Å². The predicted octanol–water partition coefficient (Wildman–Crippen LogP) is 3.34. The lowest BCUT2D eigenvalue weighted by atomic mass is 10.2. The van der Waals surface area contributed by atoms with Gasteiger partial charge in [0.15, 0.2) is 5.06 Å². The molecule has 0 atom stereocenters. The van der Waals surface area contributed by atoms with E-state index in [0.717, 1.165) is 20.7 Å². The Morgan fingerprint density at radius 1 is 1.36 bits per heavy atom. The van der Waals surface area contributed by atoms with Crippen LogP contribution in [0.25, 0.3) is 10.1 Å². The molecule has 0 aliphatic heterocycles. The molecule has 2 rings (SSSR count). The molecule has 0 fully saturated rings. The zero-order valence-electron chi connectivity index (χ0n) is 7.90. The molecule has 1 N–H and O–H groups in total. The molecule has 0 amide bonds. The lowest BCUT2D eigenvalue weighted by molar-refractivity contribution is 0.419. The first-order chi connectivity index (χ1) is 6.74. The molecule has 0 aliphatic rings. The molecule has 2 aromatic rings. The number of ether oxygens (including phenoxy) is 1. The van der Waals surface area contributed by atoms with E-state index >= 15 is 0 Å². The molecule has 0 unspecified atom stereocenters. The van der Waals surface area contributed by atoms with Crippen molar-refractivity contribution in [3.63, 3.8) is 0 Å². The molecule has 0 radical (unpaired) electrons. The highest BCUT2D eigenvalue weighted by molar-refractivity contribution is 7.98. The summed E-state index contributed by atoms with van der Waals surface area (Å²) in [6.45, 7) is 0. The van der Waals surface area contributed by atoms with Crippen LogP contribution in [-0.4, -0.2) is 18.5 Å². The minimum Gasteiger partial charge on any atom is -0.499 e. The average Bonchev–Trinajstić information content (AvgIpc) is 2.56. The van der Waals surface area contributed by atoms with E-state index in [4.69, 9.17) is 4.74 Å². The Hall–Kier alpha value is -0.870. The van der Waals surface area contributed by atoms with Crippen molar-refractivity contribution in [2.75, 3.05) is 13.4 Å². The van der Waals surface area contributed by atoms with E-state index in [2.05, 4.69) is 6.07 Å². The van der Waals surface area contributed by atoms with Crippen molar-refractivity contribution in [1.29, 1.82) is 0 Å². The molecular formula is C10H10O2S2. The third-order valence-corrected chi connectivity index (χ3v) is 3.67. The number of hydrogen-bond acceptors (Lipinski definition) is 4. The number of methoxy groups -OCH3 is 1. The van der Waals surface area contributed by atoms with Gasteiger partial charge >= 0.3 is 0 Å². The zero-order valence-corrected chi connectivity index (χ0v) is 9.54. The summed E-state index contributed by atoms with van der Waals surface area (Å²) in [5.41, 5.74) is 0. The number of benzene rings is 1. The largest absolute Gasteiger partial charge is 0.499 e. The van der Waals surface area contributed by atoms with E-state index in [0.29, 0.717) is 5.06 Å². The number of hydrogen-bond donors (Lipinski definition) is 1. The summed E-state index contributed by atoms with van der Waals surface area (Å²) >= 11 is 3.01. The van der Waals surface area contributed by atoms with E-state index in [1.165, 1.54) is 11.3 Å². The second kappa shape index (κ2) is 3.71. The fraction of sp³-hybridized carbons (Fsp3) is 0.200. The van der Waals surface area contributed by atoms with Gasteiger partial charge in [0.2, 0.25) is 0 Å². The molecule has 0 spiro atoms. The lowest BCUT2D eigenvalue weighted by Crippen LogP contribution is -1.82. The van der Waals surface area contributed by atoms with Crippen LogP contribution in [0.15, 0.2) is 23.1 Å². The smallest absolute Gasteiger partial charge is 0.172 e. The Balaban J connectivity index is 2.72. The van der Waals surface area contributed by atoms with Gasteiger partial charge in [-0.25, -0.2) is 0 Å². The highest BCUT2D eigenvalue weighted by atomic mass is 32.2. The average molecular weight is 226 g/mol. The minimum absolute atomic E-state index is 0.330. The number of aromatic hydroxyl groups is 1. The quantitative estimate of drug-likeness (QED) is 0.796. The van der Waals surface area contributed by atoms with Gasteiger partial charge in [0, 0.05) is 10.3 Å². The Morgan fingerprint density at radius 3 is 2.79 bits per heavy atom. The van der Waals surface area contributed by atoms with Crippen molar-refractivity contribution in [3.8, 4) is 10.8 Å². The summed E-state index contributed by atoms with van der Waals surface area (Å²) in [6.07, 6.45) is 2.02. The Morgan fingerprint density at radius 2 is 2.14 bits per heavy atom. The Bertz CT molecular complexity index is 462. The van der Waals surface area contributed by atoms with E-state index in [1.54, 1.807) is 24.9 Å². The fourth-order valence-electron chi connectivity index (χ4n) is 1.35. The third kappa shape index (κ3) is 1.55. The summed E-state index contributed by atoms with van der Waals surface area (Å²) < 4.78 is 6.27. The van der Waals surface area contributed by atoms with Gasteiger partial charge in [0.1, 0.15) is 5.75 Å². The third-order valence-electron chi connectivity index (χ3n) is 2.00. The van der Waals surface area contributed by atoms with E-state index in [1.807, 2.05) is 12.3 Å². The van der Waals surface area contributed by atoms with Crippen LogP contribution in [-0.2, 0) is 0 Å². The lowest BCUT2D eigenvalue weighted by Gasteiger charge is -2.03. The standard InChI is InChI=1S/C10H10O2S2/c1-12-8-5-7(13-2)3-6-4-9(11)14-10(6)8/h3-5,11H,1-2H3. The first kappa shape index (κ1) is 9.68. The SMILES string of the molecule is COc1cc(SC)cc2cc(O)sc12. The van der Waals surface area contributed by atoms with Gasteiger partial charge in [-0.05, 0) is 24.5 Å². The summed E-state index contributed by atoms with van der Waals surface area (Å²) in [5, 5.41) is 10.8.